The topological polar surface area (TPSA) is 55.1 Å². The number of hydrogen-bond donors (Lipinski definition) is 2. The van der Waals surface area contributed by atoms with Crippen molar-refractivity contribution in [1.82, 2.24) is 5.32 Å². The van der Waals surface area contributed by atoms with Crippen LogP contribution in [0.15, 0.2) is 18.2 Å². The molecule has 0 saturated heterocycles. The summed E-state index contributed by atoms with van der Waals surface area (Å²) < 4.78 is 0. The third-order valence-corrected chi connectivity index (χ3v) is 2.21. The Morgan fingerprint density at radius 1 is 1.56 bits per heavy atom. The number of carbonyl (C=O) groups is 1. The molecule has 0 bridgehead atoms. The first-order chi connectivity index (χ1) is 7.69. The number of benzene rings is 1. The number of nitrogens with two attached hydrogens (primary N) is 1. The summed E-state index contributed by atoms with van der Waals surface area (Å²) in [7, 11) is 0. The van der Waals surface area contributed by atoms with Gasteiger partial charge in [-0.1, -0.05) is 23.4 Å². The zero-order chi connectivity index (χ0) is 12.0. The van der Waals surface area contributed by atoms with Crippen LogP contribution in [-0.2, 0) is 0 Å². The van der Waals surface area contributed by atoms with E-state index in [2.05, 4.69) is 17.2 Å². The first-order valence-electron chi connectivity index (χ1n) is 4.95. The van der Waals surface area contributed by atoms with Crippen LogP contribution in [0.1, 0.15) is 22.8 Å². The molecule has 0 aliphatic carbocycles. The van der Waals surface area contributed by atoms with Gasteiger partial charge in [0, 0.05) is 17.7 Å². The molecule has 0 radical (unpaired) electrons. The van der Waals surface area contributed by atoms with Gasteiger partial charge < -0.3 is 11.1 Å². The van der Waals surface area contributed by atoms with Crippen LogP contribution in [0.5, 0.6) is 0 Å². The SMILES string of the molecule is CCNC(=O)c1ccc(C#CCN)c(Cl)c1. The van der Waals surface area contributed by atoms with E-state index in [-0.39, 0.29) is 12.5 Å². The average molecular weight is 237 g/mol. The Morgan fingerprint density at radius 3 is 2.88 bits per heavy atom. The fraction of sp³-hybridized carbons (Fsp3) is 0.250. The van der Waals surface area contributed by atoms with Gasteiger partial charge in [-0.05, 0) is 25.1 Å². The molecule has 1 aromatic rings. The quantitative estimate of drug-likeness (QED) is 0.763. The Morgan fingerprint density at radius 2 is 2.31 bits per heavy atom. The van der Waals surface area contributed by atoms with Crippen LogP contribution in [0.2, 0.25) is 5.02 Å². The summed E-state index contributed by atoms with van der Waals surface area (Å²) in [5.41, 5.74) is 6.48. The summed E-state index contributed by atoms with van der Waals surface area (Å²) in [6.07, 6.45) is 0. The largest absolute Gasteiger partial charge is 0.352 e. The average Bonchev–Trinajstić information content (AvgIpc) is 2.27. The van der Waals surface area contributed by atoms with Gasteiger partial charge >= 0.3 is 0 Å². The minimum Gasteiger partial charge on any atom is -0.352 e. The van der Waals surface area contributed by atoms with Gasteiger partial charge in [0.1, 0.15) is 0 Å². The van der Waals surface area contributed by atoms with E-state index in [9.17, 15) is 4.79 Å². The summed E-state index contributed by atoms with van der Waals surface area (Å²) in [5, 5.41) is 3.16. The molecule has 1 aromatic carbocycles. The molecule has 0 fully saturated rings. The molecule has 1 amide bonds. The maximum Gasteiger partial charge on any atom is 0.251 e. The molecule has 84 valence electrons. The van der Waals surface area contributed by atoms with E-state index in [0.29, 0.717) is 22.7 Å². The Labute approximate surface area is 100.0 Å². The van der Waals surface area contributed by atoms with E-state index in [1.54, 1.807) is 18.2 Å². The number of halogens is 1. The van der Waals surface area contributed by atoms with Crippen LogP contribution < -0.4 is 11.1 Å². The summed E-state index contributed by atoms with van der Waals surface area (Å²) in [6.45, 7) is 2.74. The van der Waals surface area contributed by atoms with Crippen molar-refractivity contribution in [3.8, 4) is 11.8 Å². The molecule has 3 N–H and O–H groups in total. The zero-order valence-corrected chi connectivity index (χ0v) is 9.77. The highest BCUT2D eigenvalue weighted by Gasteiger charge is 2.06. The summed E-state index contributed by atoms with van der Waals surface area (Å²) in [4.78, 5) is 11.5. The van der Waals surface area contributed by atoms with Crippen molar-refractivity contribution in [2.45, 2.75) is 6.92 Å². The highest BCUT2D eigenvalue weighted by atomic mass is 35.5. The van der Waals surface area contributed by atoms with Gasteiger partial charge in [0.25, 0.3) is 5.91 Å². The summed E-state index contributed by atoms with van der Waals surface area (Å²) in [5.74, 6) is 5.41. The normalized spacial score (nSPS) is 9.19. The third kappa shape index (κ3) is 3.27. The van der Waals surface area contributed by atoms with Crippen LogP contribution in [0, 0.1) is 11.8 Å². The molecule has 16 heavy (non-hydrogen) atoms. The second-order valence-corrected chi connectivity index (χ2v) is 3.47. The second kappa shape index (κ2) is 6.16. The van der Waals surface area contributed by atoms with Crippen molar-refractivity contribution < 1.29 is 4.79 Å². The lowest BCUT2D eigenvalue weighted by Gasteiger charge is -2.03. The zero-order valence-electron chi connectivity index (χ0n) is 9.01. The molecular formula is C12H13ClN2O. The molecule has 0 unspecified atom stereocenters. The lowest BCUT2D eigenvalue weighted by Crippen LogP contribution is -2.22. The van der Waals surface area contributed by atoms with E-state index < -0.39 is 0 Å². The lowest BCUT2D eigenvalue weighted by atomic mass is 10.1. The number of nitrogens with one attached hydrogen (secondary N) is 1. The predicted octanol–water partition coefficient (Wildman–Crippen LogP) is 1.40. The highest BCUT2D eigenvalue weighted by molar-refractivity contribution is 6.32. The van der Waals surface area contributed by atoms with Crippen molar-refractivity contribution in [2.75, 3.05) is 13.1 Å². The molecule has 0 aromatic heterocycles. The summed E-state index contributed by atoms with van der Waals surface area (Å²) in [6, 6.07) is 5.01. The van der Waals surface area contributed by atoms with Crippen molar-refractivity contribution >= 4 is 17.5 Å². The van der Waals surface area contributed by atoms with Gasteiger partial charge in [0.2, 0.25) is 0 Å². The van der Waals surface area contributed by atoms with E-state index in [4.69, 9.17) is 17.3 Å². The molecule has 0 saturated carbocycles. The summed E-state index contributed by atoms with van der Waals surface area (Å²) >= 11 is 5.99. The van der Waals surface area contributed by atoms with E-state index >= 15 is 0 Å². The highest BCUT2D eigenvalue weighted by Crippen LogP contribution is 2.16. The molecule has 0 atom stereocenters. The third-order valence-electron chi connectivity index (χ3n) is 1.89. The molecule has 1 rings (SSSR count). The first kappa shape index (κ1) is 12.6. The van der Waals surface area contributed by atoms with Crippen LogP contribution in [0.4, 0.5) is 0 Å². The molecule has 0 aliphatic heterocycles. The van der Waals surface area contributed by atoms with Crippen LogP contribution in [0.25, 0.3) is 0 Å². The van der Waals surface area contributed by atoms with Gasteiger partial charge in [-0.2, -0.15) is 0 Å². The number of carbonyl (C=O) groups excluding carboxylic acids is 1. The van der Waals surface area contributed by atoms with Crippen molar-refractivity contribution in [2.24, 2.45) is 5.73 Å². The molecule has 3 nitrogen and oxygen atoms in total. The number of rotatable bonds is 2. The minimum atomic E-state index is -0.136. The molecule has 0 aliphatic rings. The molecule has 0 spiro atoms. The Kier molecular flexibility index (Phi) is 4.84. The predicted molar refractivity (Wildman–Crippen MR) is 65.4 cm³/mol. The Bertz CT molecular complexity index is 446. The van der Waals surface area contributed by atoms with Crippen molar-refractivity contribution in [1.29, 1.82) is 0 Å². The van der Waals surface area contributed by atoms with Gasteiger partial charge in [0.05, 0.1) is 11.6 Å². The van der Waals surface area contributed by atoms with Crippen LogP contribution >= 0.6 is 11.6 Å². The van der Waals surface area contributed by atoms with E-state index in [0.717, 1.165) is 0 Å². The lowest BCUT2D eigenvalue weighted by molar-refractivity contribution is 0.0956. The fourth-order valence-electron chi connectivity index (χ4n) is 1.17. The smallest absolute Gasteiger partial charge is 0.251 e. The van der Waals surface area contributed by atoms with Crippen LogP contribution in [0.3, 0.4) is 0 Å². The Hall–Kier alpha value is -1.50. The maximum absolute atomic E-state index is 11.5. The van der Waals surface area contributed by atoms with Gasteiger partial charge in [0.15, 0.2) is 0 Å². The second-order valence-electron chi connectivity index (χ2n) is 3.06. The minimum absolute atomic E-state index is 0.136. The number of amides is 1. The Balaban J connectivity index is 2.95. The van der Waals surface area contributed by atoms with Crippen molar-refractivity contribution in [3.63, 3.8) is 0 Å². The molecular weight excluding hydrogens is 224 g/mol. The maximum atomic E-state index is 11.5. The van der Waals surface area contributed by atoms with E-state index in [1.165, 1.54) is 0 Å². The number of hydrogen-bond acceptors (Lipinski definition) is 2. The molecule has 4 heteroatoms. The van der Waals surface area contributed by atoms with Gasteiger partial charge in [-0.25, -0.2) is 0 Å². The fourth-order valence-corrected chi connectivity index (χ4v) is 1.39. The monoisotopic (exact) mass is 236 g/mol. The first-order valence-corrected chi connectivity index (χ1v) is 5.33. The van der Waals surface area contributed by atoms with Crippen molar-refractivity contribution in [3.05, 3.63) is 34.3 Å². The van der Waals surface area contributed by atoms with E-state index in [1.807, 2.05) is 6.92 Å². The standard InChI is InChI=1S/C12H13ClN2O/c1-2-15-12(16)10-6-5-9(4-3-7-14)11(13)8-10/h5-6,8H,2,7,14H2,1H3,(H,15,16). The van der Waals surface area contributed by atoms with Gasteiger partial charge in [-0.3, -0.25) is 4.79 Å². The molecule has 0 heterocycles. The van der Waals surface area contributed by atoms with Gasteiger partial charge in [-0.15, -0.1) is 0 Å². The van der Waals surface area contributed by atoms with Crippen LogP contribution in [-0.4, -0.2) is 19.0 Å².